The van der Waals surface area contributed by atoms with Crippen molar-refractivity contribution in [3.63, 3.8) is 0 Å². The van der Waals surface area contributed by atoms with Crippen LogP contribution in [-0.4, -0.2) is 47.3 Å². The van der Waals surface area contributed by atoms with Crippen molar-refractivity contribution < 1.29 is 19.2 Å². The van der Waals surface area contributed by atoms with Gasteiger partial charge >= 0.3 is 0 Å². The van der Waals surface area contributed by atoms with Crippen molar-refractivity contribution >= 4 is 23.7 Å². The topological polar surface area (TPSA) is 114 Å². The second-order valence-corrected chi connectivity index (χ2v) is 7.43. The van der Waals surface area contributed by atoms with Crippen molar-refractivity contribution in [3.8, 4) is 0 Å². The Morgan fingerprint density at radius 2 is 2.06 bits per heavy atom. The normalized spacial score (nSPS) is 17.0. The monoisotopic (exact) mass is 439 g/mol. The summed E-state index contributed by atoms with van der Waals surface area (Å²) < 4.78 is 5.38. The maximum Gasteiger partial charge on any atom is 0.267 e. The number of hydrogen-bond acceptors (Lipinski definition) is 7. The number of carbonyl (C=O) groups excluding carboxylic acids is 2. The van der Waals surface area contributed by atoms with Gasteiger partial charge in [-0.3, -0.25) is 14.6 Å². The maximum absolute atomic E-state index is 12.3. The molecule has 1 saturated heterocycles. The Morgan fingerprint density at radius 3 is 2.78 bits per heavy atom. The predicted molar refractivity (Wildman–Crippen MR) is 120 cm³/mol. The van der Waals surface area contributed by atoms with Crippen LogP contribution in [-0.2, 0) is 25.6 Å². The van der Waals surface area contributed by atoms with Crippen molar-refractivity contribution in [2.75, 3.05) is 18.5 Å². The van der Waals surface area contributed by atoms with Gasteiger partial charge in [0.15, 0.2) is 6.29 Å². The van der Waals surface area contributed by atoms with Gasteiger partial charge in [-0.25, -0.2) is 15.3 Å². The molecule has 0 spiro atoms. The van der Waals surface area contributed by atoms with Crippen molar-refractivity contribution in [2.24, 2.45) is 0 Å². The summed E-state index contributed by atoms with van der Waals surface area (Å²) in [5.41, 5.74) is 4.02. The summed E-state index contributed by atoms with van der Waals surface area (Å²) in [5, 5.41) is 5.92. The first-order valence-corrected chi connectivity index (χ1v) is 10.8. The molecule has 9 nitrogen and oxygen atoms in total. The number of amides is 2. The summed E-state index contributed by atoms with van der Waals surface area (Å²) in [5.74, 6) is -0.0654. The summed E-state index contributed by atoms with van der Waals surface area (Å²) in [6, 6.07) is 9.51. The minimum Gasteiger partial charge on any atom is -0.357 e. The van der Waals surface area contributed by atoms with E-state index in [9.17, 15) is 9.59 Å². The van der Waals surface area contributed by atoms with Crippen molar-refractivity contribution in [2.45, 2.75) is 44.9 Å². The fourth-order valence-electron chi connectivity index (χ4n) is 3.04. The molecule has 1 aliphatic heterocycles. The molecule has 0 aliphatic carbocycles. The number of anilines is 1. The molecule has 2 aromatic rings. The number of nitrogens with one attached hydrogen (secondary N) is 3. The number of nitrogens with zero attached hydrogens (tertiary/aromatic N) is 2. The van der Waals surface area contributed by atoms with Crippen molar-refractivity contribution in [1.29, 1.82) is 0 Å². The zero-order valence-corrected chi connectivity index (χ0v) is 18.1. The average molecular weight is 440 g/mol. The van der Waals surface area contributed by atoms with Gasteiger partial charge in [0.2, 0.25) is 5.91 Å². The van der Waals surface area contributed by atoms with Gasteiger partial charge in [0.1, 0.15) is 11.9 Å². The lowest BCUT2D eigenvalue weighted by Crippen LogP contribution is -2.38. The van der Waals surface area contributed by atoms with Gasteiger partial charge in [-0.05, 0) is 37.8 Å². The number of hydrogen-bond donors (Lipinski definition) is 3. The Hall–Kier alpha value is -3.30. The fraction of sp³-hybridized carbons (Fsp3) is 0.391. The number of hydroxylamine groups is 1. The third-order valence-corrected chi connectivity index (χ3v) is 4.82. The lowest BCUT2D eigenvalue weighted by atomic mass is 10.1. The predicted octanol–water partition coefficient (Wildman–Crippen LogP) is 2.22. The first-order chi connectivity index (χ1) is 15.6. The minimum atomic E-state index is -0.466. The Balaban J connectivity index is 1.37. The molecule has 0 radical (unpaired) electrons. The summed E-state index contributed by atoms with van der Waals surface area (Å²) >= 11 is 0. The second kappa shape index (κ2) is 12.5. The van der Waals surface area contributed by atoms with Gasteiger partial charge in [-0.2, -0.15) is 0 Å². The smallest absolute Gasteiger partial charge is 0.267 e. The van der Waals surface area contributed by atoms with E-state index in [-0.39, 0.29) is 5.91 Å². The van der Waals surface area contributed by atoms with Crippen molar-refractivity contribution in [1.82, 2.24) is 20.8 Å². The number of ether oxygens (including phenoxy) is 1. The van der Waals surface area contributed by atoms with Crippen LogP contribution in [0.1, 0.15) is 37.4 Å². The van der Waals surface area contributed by atoms with Crippen LogP contribution in [0.3, 0.4) is 0 Å². The molecule has 9 heteroatoms. The minimum absolute atomic E-state index is 0.120. The van der Waals surface area contributed by atoms with Crippen LogP contribution in [0, 0.1) is 0 Å². The van der Waals surface area contributed by atoms with E-state index in [1.807, 2.05) is 30.3 Å². The molecular formula is C23H29N5O4. The molecule has 1 unspecified atom stereocenters. The van der Waals surface area contributed by atoms with Crippen LogP contribution in [0.2, 0.25) is 0 Å². The molecule has 1 aromatic carbocycles. The van der Waals surface area contributed by atoms with E-state index in [1.165, 1.54) is 30.1 Å². The number of aromatic nitrogens is 2. The van der Waals surface area contributed by atoms with Crippen LogP contribution in [0.15, 0.2) is 48.8 Å². The van der Waals surface area contributed by atoms with Gasteiger partial charge in [0.25, 0.3) is 5.91 Å². The zero-order valence-electron chi connectivity index (χ0n) is 18.1. The first kappa shape index (κ1) is 23.4. The maximum atomic E-state index is 12.3. The molecule has 2 amide bonds. The largest absolute Gasteiger partial charge is 0.357 e. The zero-order chi connectivity index (χ0) is 22.6. The highest BCUT2D eigenvalue weighted by Crippen LogP contribution is 2.12. The van der Waals surface area contributed by atoms with Gasteiger partial charge in [0, 0.05) is 25.6 Å². The van der Waals surface area contributed by atoms with E-state index >= 15 is 0 Å². The molecule has 2 heterocycles. The molecule has 3 rings (SSSR count). The number of carbonyl (C=O) groups is 2. The van der Waals surface area contributed by atoms with Crippen LogP contribution in [0.5, 0.6) is 0 Å². The molecule has 1 fully saturated rings. The highest BCUT2D eigenvalue weighted by molar-refractivity contribution is 5.90. The number of benzene rings is 1. The molecule has 2 atom stereocenters. The molecule has 32 heavy (non-hydrogen) atoms. The highest BCUT2D eigenvalue weighted by Gasteiger charge is 2.15. The molecule has 0 saturated carbocycles. The van der Waals surface area contributed by atoms with Crippen LogP contribution >= 0.6 is 0 Å². The molecule has 170 valence electrons. The highest BCUT2D eigenvalue weighted by atomic mass is 16.8. The molecule has 1 aromatic heterocycles. The number of rotatable bonds is 10. The van der Waals surface area contributed by atoms with E-state index in [0.717, 1.165) is 25.7 Å². The summed E-state index contributed by atoms with van der Waals surface area (Å²) in [6.07, 6.45) is 9.01. The van der Waals surface area contributed by atoms with E-state index in [0.29, 0.717) is 24.7 Å². The van der Waals surface area contributed by atoms with Crippen molar-refractivity contribution in [3.05, 3.63) is 60.1 Å². The van der Waals surface area contributed by atoms with Crippen LogP contribution < -0.4 is 16.1 Å². The summed E-state index contributed by atoms with van der Waals surface area (Å²) in [7, 11) is 0. The molecule has 0 bridgehead atoms. The Kier molecular flexibility index (Phi) is 9.15. The SMILES string of the molecule is C[C@@H](Nc1cnc(C=CC(=O)NOC2CCCCO2)cn1)C(=O)NCCc1ccccc1. The Morgan fingerprint density at radius 1 is 1.22 bits per heavy atom. The van der Waals surface area contributed by atoms with Gasteiger partial charge in [0.05, 0.1) is 18.1 Å². The fourth-order valence-corrected chi connectivity index (χ4v) is 3.04. The quantitative estimate of drug-likeness (QED) is 0.384. The molecule has 3 N–H and O–H groups in total. The summed E-state index contributed by atoms with van der Waals surface area (Å²) in [4.78, 5) is 37.8. The van der Waals surface area contributed by atoms with Gasteiger partial charge in [-0.1, -0.05) is 30.3 Å². The molecule has 1 aliphatic rings. The first-order valence-electron chi connectivity index (χ1n) is 10.8. The standard InChI is InChI=1S/C23H29N5O4/c1-17(23(30)24-13-12-18-7-3-2-4-8-18)27-20-16-25-19(15-26-20)10-11-21(29)28-32-22-9-5-6-14-31-22/h2-4,7-8,10-11,15-17,22H,5-6,9,12-14H2,1H3,(H,24,30)(H,26,27)(H,28,29)/t17-,22?/m1/s1. The average Bonchev–Trinajstić information content (AvgIpc) is 2.83. The van der Waals surface area contributed by atoms with Gasteiger partial charge < -0.3 is 15.4 Å². The second-order valence-electron chi connectivity index (χ2n) is 7.43. The third-order valence-electron chi connectivity index (χ3n) is 4.82. The van der Waals surface area contributed by atoms with E-state index < -0.39 is 18.2 Å². The van der Waals surface area contributed by atoms with E-state index in [1.54, 1.807) is 6.92 Å². The molecular weight excluding hydrogens is 410 g/mol. The van der Waals surface area contributed by atoms with Crippen LogP contribution in [0.4, 0.5) is 5.82 Å². The van der Waals surface area contributed by atoms with Gasteiger partial charge in [-0.15, -0.1) is 0 Å². The lowest BCUT2D eigenvalue weighted by Gasteiger charge is -2.21. The third kappa shape index (κ3) is 8.09. The Labute approximate surface area is 187 Å². The van der Waals surface area contributed by atoms with Crippen LogP contribution in [0.25, 0.3) is 6.08 Å². The van der Waals surface area contributed by atoms with E-state index in [4.69, 9.17) is 9.57 Å². The van der Waals surface area contributed by atoms with E-state index in [2.05, 4.69) is 26.1 Å². The Bertz CT molecular complexity index is 883. The lowest BCUT2D eigenvalue weighted by molar-refractivity contribution is -0.198. The summed E-state index contributed by atoms with van der Waals surface area (Å²) in [6.45, 7) is 2.96.